The SMILES string of the molecule is COc1ccc(-c2cc(C(F)(F)F)nn2-c2ccc(S)cn2)cc1C. The number of ether oxygens (including phenoxy) is 1. The summed E-state index contributed by atoms with van der Waals surface area (Å²) in [6.07, 6.45) is -3.10. The number of rotatable bonds is 3. The molecule has 0 radical (unpaired) electrons. The van der Waals surface area contributed by atoms with Crippen LogP contribution >= 0.6 is 12.6 Å². The minimum atomic E-state index is -4.55. The Morgan fingerprint density at radius 3 is 2.44 bits per heavy atom. The van der Waals surface area contributed by atoms with Gasteiger partial charge in [-0.3, -0.25) is 0 Å². The standard InChI is InChI=1S/C17H14F3N3OS/c1-10-7-11(3-5-14(10)24-2)13-8-15(17(18,19)20)22-23(13)16-6-4-12(25)9-21-16/h3-9,25H,1-2H3. The van der Waals surface area contributed by atoms with Gasteiger partial charge in [0.2, 0.25) is 0 Å². The largest absolute Gasteiger partial charge is 0.496 e. The van der Waals surface area contributed by atoms with Crippen LogP contribution in [0.15, 0.2) is 47.5 Å². The van der Waals surface area contributed by atoms with Crippen molar-refractivity contribution < 1.29 is 17.9 Å². The second kappa shape index (κ2) is 6.44. The van der Waals surface area contributed by atoms with Gasteiger partial charge in [0.05, 0.1) is 12.8 Å². The van der Waals surface area contributed by atoms with E-state index in [2.05, 4.69) is 22.7 Å². The molecule has 0 spiro atoms. The molecule has 0 aliphatic heterocycles. The normalized spacial score (nSPS) is 11.6. The lowest BCUT2D eigenvalue weighted by atomic mass is 10.1. The fourth-order valence-electron chi connectivity index (χ4n) is 2.44. The van der Waals surface area contributed by atoms with Crippen molar-refractivity contribution in [2.75, 3.05) is 7.11 Å². The van der Waals surface area contributed by atoms with Crippen molar-refractivity contribution in [1.82, 2.24) is 14.8 Å². The highest BCUT2D eigenvalue weighted by molar-refractivity contribution is 7.80. The lowest BCUT2D eigenvalue weighted by Crippen LogP contribution is -2.08. The van der Waals surface area contributed by atoms with Crippen LogP contribution in [0.5, 0.6) is 5.75 Å². The molecule has 2 aromatic heterocycles. The summed E-state index contributed by atoms with van der Waals surface area (Å²) in [7, 11) is 1.54. The number of aryl methyl sites for hydroxylation is 1. The van der Waals surface area contributed by atoms with Crippen LogP contribution in [0.3, 0.4) is 0 Å². The van der Waals surface area contributed by atoms with Gasteiger partial charge in [-0.2, -0.15) is 18.3 Å². The summed E-state index contributed by atoms with van der Waals surface area (Å²) in [6.45, 7) is 1.82. The van der Waals surface area contributed by atoms with E-state index in [1.807, 2.05) is 6.92 Å². The predicted molar refractivity (Wildman–Crippen MR) is 90.3 cm³/mol. The number of thiol groups is 1. The maximum atomic E-state index is 13.1. The molecule has 3 aromatic rings. The molecule has 0 bridgehead atoms. The van der Waals surface area contributed by atoms with Crippen LogP contribution in [-0.2, 0) is 6.18 Å². The first-order valence-corrected chi connectivity index (χ1v) is 7.72. The van der Waals surface area contributed by atoms with Crippen LogP contribution in [0.2, 0.25) is 0 Å². The molecule has 0 aliphatic rings. The van der Waals surface area contributed by atoms with E-state index in [-0.39, 0.29) is 11.5 Å². The van der Waals surface area contributed by atoms with Gasteiger partial charge in [0.25, 0.3) is 0 Å². The maximum Gasteiger partial charge on any atom is 0.435 e. The zero-order valence-corrected chi connectivity index (χ0v) is 14.3. The van der Waals surface area contributed by atoms with E-state index in [0.717, 1.165) is 11.6 Å². The first-order valence-electron chi connectivity index (χ1n) is 7.27. The van der Waals surface area contributed by atoms with E-state index in [1.165, 1.54) is 18.0 Å². The highest BCUT2D eigenvalue weighted by Gasteiger charge is 2.35. The number of benzene rings is 1. The third-order valence-corrected chi connectivity index (χ3v) is 3.90. The lowest BCUT2D eigenvalue weighted by Gasteiger charge is -2.09. The summed E-state index contributed by atoms with van der Waals surface area (Å²) in [4.78, 5) is 4.72. The number of hydrogen-bond donors (Lipinski definition) is 1. The van der Waals surface area contributed by atoms with Gasteiger partial charge in [0, 0.05) is 16.7 Å². The summed E-state index contributed by atoms with van der Waals surface area (Å²) in [5, 5.41) is 3.70. The van der Waals surface area contributed by atoms with Gasteiger partial charge in [-0.05, 0) is 48.9 Å². The molecular weight excluding hydrogens is 351 g/mol. The van der Waals surface area contributed by atoms with Gasteiger partial charge in [0.1, 0.15) is 5.75 Å². The van der Waals surface area contributed by atoms with Crippen molar-refractivity contribution in [2.45, 2.75) is 18.0 Å². The molecule has 0 aliphatic carbocycles. The van der Waals surface area contributed by atoms with Gasteiger partial charge < -0.3 is 4.74 Å². The Hall–Kier alpha value is -2.48. The second-order valence-electron chi connectivity index (χ2n) is 5.38. The zero-order valence-electron chi connectivity index (χ0n) is 13.4. The number of hydrogen-bond acceptors (Lipinski definition) is 4. The van der Waals surface area contributed by atoms with Crippen molar-refractivity contribution >= 4 is 12.6 Å². The first-order chi connectivity index (χ1) is 11.8. The van der Waals surface area contributed by atoms with Crippen LogP contribution < -0.4 is 4.74 Å². The van der Waals surface area contributed by atoms with E-state index in [0.29, 0.717) is 16.2 Å². The molecule has 0 saturated heterocycles. The Bertz CT molecular complexity index is 904. The fourth-order valence-corrected chi connectivity index (χ4v) is 2.57. The number of aromatic nitrogens is 3. The third kappa shape index (κ3) is 3.48. The number of methoxy groups -OCH3 is 1. The predicted octanol–water partition coefficient (Wildman–Crippen LogP) is 4.56. The molecule has 0 saturated carbocycles. The molecule has 3 rings (SSSR count). The van der Waals surface area contributed by atoms with E-state index in [4.69, 9.17) is 4.74 Å². The highest BCUT2D eigenvalue weighted by atomic mass is 32.1. The number of pyridine rings is 1. The van der Waals surface area contributed by atoms with E-state index in [1.54, 1.807) is 30.3 Å². The second-order valence-corrected chi connectivity index (χ2v) is 5.90. The Morgan fingerprint density at radius 1 is 1.12 bits per heavy atom. The molecule has 0 amide bonds. The van der Waals surface area contributed by atoms with Gasteiger partial charge >= 0.3 is 6.18 Å². The molecule has 8 heteroatoms. The topological polar surface area (TPSA) is 39.9 Å². The van der Waals surface area contributed by atoms with Crippen molar-refractivity contribution in [3.63, 3.8) is 0 Å². The number of halogens is 3. The van der Waals surface area contributed by atoms with Crippen LogP contribution in [0.25, 0.3) is 17.1 Å². The van der Waals surface area contributed by atoms with Gasteiger partial charge in [-0.15, -0.1) is 12.6 Å². The summed E-state index contributed by atoms with van der Waals surface area (Å²) in [5.74, 6) is 0.931. The van der Waals surface area contributed by atoms with Gasteiger partial charge in [0.15, 0.2) is 11.5 Å². The average Bonchev–Trinajstić information content (AvgIpc) is 3.01. The monoisotopic (exact) mass is 365 g/mol. The van der Waals surface area contributed by atoms with Crippen LogP contribution in [-0.4, -0.2) is 21.9 Å². The minimum absolute atomic E-state index is 0.275. The minimum Gasteiger partial charge on any atom is -0.496 e. The molecule has 0 N–H and O–H groups in total. The molecule has 0 fully saturated rings. The molecule has 1 aromatic carbocycles. The molecule has 25 heavy (non-hydrogen) atoms. The molecule has 0 unspecified atom stereocenters. The Morgan fingerprint density at radius 2 is 1.88 bits per heavy atom. The Labute approximate surface area is 147 Å². The number of alkyl halides is 3. The highest BCUT2D eigenvalue weighted by Crippen LogP contribution is 2.34. The molecule has 2 heterocycles. The first kappa shape index (κ1) is 17.3. The summed E-state index contributed by atoms with van der Waals surface area (Å²) >= 11 is 4.14. The zero-order chi connectivity index (χ0) is 18.2. The Balaban J connectivity index is 2.19. The van der Waals surface area contributed by atoms with E-state index < -0.39 is 11.9 Å². The van der Waals surface area contributed by atoms with Crippen molar-refractivity contribution in [3.8, 4) is 22.8 Å². The van der Waals surface area contributed by atoms with Gasteiger partial charge in [-0.1, -0.05) is 0 Å². The molecular formula is C17H14F3N3OS. The van der Waals surface area contributed by atoms with Crippen molar-refractivity contribution in [2.24, 2.45) is 0 Å². The van der Waals surface area contributed by atoms with Crippen LogP contribution in [0, 0.1) is 6.92 Å². The maximum absolute atomic E-state index is 13.1. The fraction of sp³-hybridized carbons (Fsp3) is 0.176. The lowest BCUT2D eigenvalue weighted by molar-refractivity contribution is -0.141. The smallest absolute Gasteiger partial charge is 0.435 e. The summed E-state index contributed by atoms with van der Waals surface area (Å²) in [5.41, 5.74) is 0.697. The third-order valence-electron chi connectivity index (χ3n) is 3.64. The van der Waals surface area contributed by atoms with Crippen molar-refractivity contribution in [3.05, 3.63) is 53.9 Å². The Kier molecular flexibility index (Phi) is 4.47. The van der Waals surface area contributed by atoms with Crippen LogP contribution in [0.1, 0.15) is 11.3 Å². The summed E-state index contributed by atoms with van der Waals surface area (Å²) in [6, 6.07) is 9.36. The van der Waals surface area contributed by atoms with Crippen molar-refractivity contribution in [1.29, 1.82) is 0 Å². The average molecular weight is 365 g/mol. The number of nitrogens with zero attached hydrogens (tertiary/aromatic N) is 3. The molecule has 4 nitrogen and oxygen atoms in total. The van der Waals surface area contributed by atoms with Gasteiger partial charge in [-0.25, -0.2) is 9.67 Å². The van der Waals surface area contributed by atoms with Crippen LogP contribution in [0.4, 0.5) is 13.2 Å². The quantitative estimate of drug-likeness (QED) is 0.692. The van der Waals surface area contributed by atoms with E-state index in [9.17, 15) is 13.2 Å². The molecule has 0 atom stereocenters. The molecule has 130 valence electrons. The van der Waals surface area contributed by atoms with E-state index >= 15 is 0 Å². The summed E-state index contributed by atoms with van der Waals surface area (Å²) < 4.78 is 45.8.